The van der Waals surface area contributed by atoms with Crippen LogP contribution >= 0.6 is 0 Å². The predicted octanol–water partition coefficient (Wildman–Crippen LogP) is 3.30. The fourth-order valence-corrected chi connectivity index (χ4v) is 3.71. The molecule has 0 bridgehead atoms. The van der Waals surface area contributed by atoms with Gasteiger partial charge < -0.3 is 10.1 Å². The second-order valence-electron chi connectivity index (χ2n) is 6.64. The van der Waals surface area contributed by atoms with Crippen molar-refractivity contribution in [2.45, 2.75) is 25.2 Å². The predicted molar refractivity (Wildman–Crippen MR) is 107 cm³/mol. The van der Waals surface area contributed by atoms with Gasteiger partial charge in [-0.1, -0.05) is 19.9 Å². The molecule has 0 atom stereocenters. The molecule has 0 spiro atoms. The summed E-state index contributed by atoms with van der Waals surface area (Å²) in [6.45, 7) is 4.71. The minimum atomic E-state index is -3.79. The van der Waals surface area contributed by atoms with Crippen molar-refractivity contribution in [2.24, 2.45) is 5.92 Å². The SMILES string of the molecule is COc1ccc(N(C)S(=O)(=O)c2cccc(C(=O)NCCC(C)C)c2)cc1. The molecule has 0 fully saturated rings. The Hall–Kier alpha value is -2.54. The highest BCUT2D eigenvalue weighted by molar-refractivity contribution is 7.92. The average molecular weight is 391 g/mol. The minimum Gasteiger partial charge on any atom is -0.497 e. The molecular weight excluding hydrogens is 364 g/mol. The molecule has 0 saturated heterocycles. The maximum atomic E-state index is 12.9. The lowest BCUT2D eigenvalue weighted by atomic mass is 10.1. The molecule has 146 valence electrons. The molecule has 1 amide bonds. The number of nitrogens with one attached hydrogen (secondary N) is 1. The van der Waals surface area contributed by atoms with Crippen molar-refractivity contribution < 1.29 is 17.9 Å². The summed E-state index contributed by atoms with van der Waals surface area (Å²) in [7, 11) is -0.762. The van der Waals surface area contributed by atoms with Gasteiger partial charge in [0.25, 0.3) is 15.9 Å². The van der Waals surface area contributed by atoms with Gasteiger partial charge in [-0.05, 0) is 54.8 Å². The summed E-state index contributed by atoms with van der Waals surface area (Å²) in [4.78, 5) is 12.3. The Kier molecular flexibility index (Phi) is 6.85. The van der Waals surface area contributed by atoms with Crippen LogP contribution in [0.4, 0.5) is 5.69 Å². The fourth-order valence-electron chi connectivity index (χ4n) is 2.46. The molecule has 7 heteroatoms. The molecule has 0 aromatic heterocycles. The molecule has 0 aliphatic rings. The quantitative estimate of drug-likeness (QED) is 0.750. The Morgan fingerprint density at radius 3 is 2.41 bits per heavy atom. The summed E-state index contributed by atoms with van der Waals surface area (Å²) in [5.41, 5.74) is 0.825. The van der Waals surface area contributed by atoms with Gasteiger partial charge in [0, 0.05) is 19.2 Å². The van der Waals surface area contributed by atoms with E-state index in [1.54, 1.807) is 43.5 Å². The number of carbonyl (C=O) groups is 1. The van der Waals surface area contributed by atoms with Crippen LogP contribution in [0.25, 0.3) is 0 Å². The van der Waals surface area contributed by atoms with E-state index in [1.165, 1.54) is 23.5 Å². The third-order valence-electron chi connectivity index (χ3n) is 4.20. The Morgan fingerprint density at radius 1 is 1.15 bits per heavy atom. The third-order valence-corrected chi connectivity index (χ3v) is 5.98. The zero-order valence-corrected chi connectivity index (χ0v) is 16.9. The van der Waals surface area contributed by atoms with Gasteiger partial charge in [0.1, 0.15) is 5.75 Å². The standard InChI is InChI=1S/C20H26N2O4S/c1-15(2)12-13-21-20(23)16-6-5-7-19(14-16)27(24,25)22(3)17-8-10-18(26-4)11-9-17/h5-11,14-15H,12-13H2,1-4H3,(H,21,23). The second kappa shape index (κ2) is 8.90. The molecule has 0 aliphatic heterocycles. The number of sulfonamides is 1. The summed E-state index contributed by atoms with van der Waals surface area (Å²) in [5.74, 6) is 0.847. The van der Waals surface area contributed by atoms with Crippen molar-refractivity contribution in [3.63, 3.8) is 0 Å². The Balaban J connectivity index is 2.21. The molecule has 6 nitrogen and oxygen atoms in total. The summed E-state index contributed by atoms with van der Waals surface area (Å²) in [6.07, 6.45) is 0.865. The summed E-state index contributed by atoms with van der Waals surface area (Å²) in [6, 6.07) is 12.8. The lowest BCUT2D eigenvalue weighted by Gasteiger charge is -2.20. The fraction of sp³-hybridized carbons (Fsp3) is 0.350. The average Bonchev–Trinajstić information content (AvgIpc) is 2.67. The lowest BCUT2D eigenvalue weighted by Crippen LogP contribution is -2.28. The van der Waals surface area contributed by atoms with E-state index < -0.39 is 10.0 Å². The monoisotopic (exact) mass is 390 g/mol. The Labute approximate surface area is 161 Å². The van der Waals surface area contributed by atoms with Gasteiger partial charge in [0.15, 0.2) is 0 Å². The van der Waals surface area contributed by atoms with E-state index in [2.05, 4.69) is 19.2 Å². The first-order valence-electron chi connectivity index (χ1n) is 8.77. The van der Waals surface area contributed by atoms with Crippen molar-refractivity contribution in [1.82, 2.24) is 5.32 Å². The number of carbonyl (C=O) groups excluding carboxylic acids is 1. The van der Waals surface area contributed by atoms with Crippen LogP contribution in [-0.2, 0) is 10.0 Å². The molecule has 1 N–H and O–H groups in total. The van der Waals surface area contributed by atoms with Crippen molar-refractivity contribution in [2.75, 3.05) is 25.0 Å². The number of hydrogen-bond acceptors (Lipinski definition) is 4. The number of ether oxygens (including phenoxy) is 1. The first kappa shape index (κ1) is 20.8. The lowest BCUT2D eigenvalue weighted by molar-refractivity contribution is 0.0952. The number of anilines is 1. The van der Waals surface area contributed by atoms with Gasteiger partial charge in [0.2, 0.25) is 0 Å². The van der Waals surface area contributed by atoms with E-state index >= 15 is 0 Å². The molecule has 2 aromatic rings. The van der Waals surface area contributed by atoms with E-state index in [1.807, 2.05) is 0 Å². The smallest absolute Gasteiger partial charge is 0.264 e. The molecule has 0 radical (unpaired) electrons. The van der Waals surface area contributed by atoms with E-state index in [4.69, 9.17) is 4.74 Å². The van der Waals surface area contributed by atoms with Gasteiger partial charge in [-0.25, -0.2) is 8.42 Å². The first-order valence-corrected chi connectivity index (χ1v) is 10.2. The van der Waals surface area contributed by atoms with Crippen LogP contribution in [0.5, 0.6) is 5.75 Å². The third kappa shape index (κ3) is 5.23. The maximum Gasteiger partial charge on any atom is 0.264 e. The molecule has 0 saturated carbocycles. The van der Waals surface area contributed by atoms with Crippen molar-refractivity contribution in [1.29, 1.82) is 0 Å². The van der Waals surface area contributed by atoms with Crippen molar-refractivity contribution >= 4 is 21.6 Å². The van der Waals surface area contributed by atoms with Crippen LogP contribution in [0.1, 0.15) is 30.6 Å². The molecule has 2 aromatic carbocycles. The van der Waals surface area contributed by atoms with Gasteiger partial charge in [-0.2, -0.15) is 0 Å². The van der Waals surface area contributed by atoms with Crippen LogP contribution in [0, 0.1) is 5.92 Å². The van der Waals surface area contributed by atoms with Crippen molar-refractivity contribution in [3.05, 3.63) is 54.1 Å². The Morgan fingerprint density at radius 2 is 1.81 bits per heavy atom. The molecule has 27 heavy (non-hydrogen) atoms. The number of hydrogen-bond donors (Lipinski definition) is 1. The van der Waals surface area contributed by atoms with Gasteiger partial charge in [-0.15, -0.1) is 0 Å². The van der Waals surface area contributed by atoms with Crippen LogP contribution < -0.4 is 14.4 Å². The molecule has 0 aliphatic carbocycles. The van der Waals surface area contributed by atoms with E-state index in [9.17, 15) is 13.2 Å². The van der Waals surface area contributed by atoms with E-state index in [-0.39, 0.29) is 10.8 Å². The van der Waals surface area contributed by atoms with Crippen molar-refractivity contribution in [3.8, 4) is 5.75 Å². The van der Waals surface area contributed by atoms with Crippen LogP contribution in [0.15, 0.2) is 53.4 Å². The largest absolute Gasteiger partial charge is 0.497 e. The topological polar surface area (TPSA) is 75.7 Å². The number of rotatable bonds is 8. The number of amides is 1. The molecule has 0 heterocycles. The zero-order chi connectivity index (χ0) is 20.0. The first-order chi connectivity index (χ1) is 12.8. The van der Waals surface area contributed by atoms with E-state index in [0.29, 0.717) is 29.5 Å². The zero-order valence-electron chi connectivity index (χ0n) is 16.1. The second-order valence-corrected chi connectivity index (χ2v) is 8.61. The number of benzene rings is 2. The molecule has 0 unspecified atom stereocenters. The van der Waals surface area contributed by atoms with Crippen LogP contribution in [0.3, 0.4) is 0 Å². The number of methoxy groups -OCH3 is 1. The van der Waals surface area contributed by atoms with E-state index in [0.717, 1.165) is 6.42 Å². The van der Waals surface area contributed by atoms with Crippen LogP contribution in [-0.4, -0.2) is 35.0 Å². The van der Waals surface area contributed by atoms with Gasteiger partial charge in [0.05, 0.1) is 17.7 Å². The van der Waals surface area contributed by atoms with Gasteiger partial charge >= 0.3 is 0 Å². The highest BCUT2D eigenvalue weighted by Crippen LogP contribution is 2.24. The summed E-state index contributed by atoms with van der Waals surface area (Å²) in [5, 5.41) is 2.82. The number of nitrogens with zero attached hydrogens (tertiary/aromatic N) is 1. The highest BCUT2D eigenvalue weighted by atomic mass is 32.2. The summed E-state index contributed by atoms with van der Waals surface area (Å²) >= 11 is 0. The van der Waals surface area contributed by atoms with Crippen LogP contribution in [0.2, 0.25) is 0 Å². The molecule has 2 rings (SSSR count). The minimum absolute atomic E-state index is 0.0670. The van der Waals surface area contributed by atoms with Gasteiger partial charge in [-0.3, -0.25) is 9.10 Å². The molecular formula is C20H26N2O4S. The maximum absolute atomic E-state index is 12.9. The normalized spacial score (nSPS) is 11.3. The highest BCUT2D eigenvalue weighted by Gasteiger charge is 2.22. The summed E-state index contributed by atoms with van der Waals surface area (Å²) < 4.78 is 32.1. The Bertz CT molecular complexity index is 877.